The van der Waals surface area contributed by atoms with Gasteiger partial charge >= 0.3 is 6.18 Å². The fraction of sp³-hybridized carbons (Fsp3) is 0.438. The fourth-order valence-electron chi connectivity index (χ4n) is 2.82. The smallest absolute Gasteiger partial charge is 0.351 e. The molecule has 2 aromatic rings. The zero-order valence-electron chi connectivity index (χ0n) is 13.9. The van der Waals surface area contributed by atoms with Crippen molar-refractivity contribution < 1.29 is 26.7 Å². The van der Waals surface area contributed by atoms with Crippen LogP contribution in [0, 0.1) is 0 Å². The van der Waals surface area contributed by atoms with E-state index in [0.717, 1.165) is 10.7 Å². The number of aromatic nitrogens is 3. The van der Waals surface area contributed by atoms with Crippen LogP contribution in [0.1, 0.15) is 46.6 Å². The first-order valence-electron chi connectivity index (χ1n) is 7.86. The van der Waals surface area contributed by atoms with Crippen LogP contribution in [0.4, 0.5) is 22.0 Å². The van der Waals surface area contributed by atoms with Gasteiger partial charge in [0.15, 0.2) is 0 Å². The normalized spacial score (nSPS) is 15.9. The Morgan fingerprint density at radius 3 is 2.59 bits per heavy atom. The van der Waals surface area contributed by atoms with E-state index in [2.05, 4.69) is 15.4 Å². The zero-order valence-corrected chi connectivity index (χ0v) is 14.7. The first-order valence-corrected chi connectivity index (χ1v) is 8.24. The minimum absolute atomic E-state index is 0.0154. The Labute approximate surface area is 155 Å². The van der Waals surface area contributed by atoms with Gasteiger partial charge in [-0.2, -0.15) is 18.3 Å². The maximum absolute atomic E-state index is 13.0. The van der Waals surface area contributed by atoms with E-state index >= 15 is 0 Å². The van der Waals surface area contributed by atoms with E-state index in [-0.39, 0.29) is 22.8 Å². The number of pyridine rings is 1. The third-order valence-electron chi connectivity index (χ3n) is 4.42. The summed E-state index contributed by atoms with van der Waals surface area (Å²) in [5.74, 6) is -0.743. The summed E-state index contributed by atoms with van der Waals surface area (Å²) in [5, 5.41) is 5.95. The summed E-state index contributed by atoms with van der Waals surface area (Å²) in [4.78, 5) is 16.1. The molecule has 0 atom stereocenters. The summed E-state index contributed by atoms with van der Waals surface area (Å²) in [6, 6.07) is 0.793. The Kier molecular flexibility index (Phi) is 4.87. The summed E-state index contributed by atoms with van der Waals surface area (Å²) in [6.07, 6.45) is -4.49. The summed E-state index contributed by atoms with van der Waals surface area (Å²) >= 11 is 5.97. The van der Waals surface area contributed by atoms with Gasteiger partial charge in [-0.15, -0.1) is 0 Å². The molecule has 3 rings (SSSR count). The quantitative estimate of drug-likeness (QED) is 0.764. The van der Waals surface area contributed by atoms with Gasteiger partial charge in [0, 0.05) is 31.4 Å². The molecule has 146 valence electrons. The van der Waals surface area contributed by atoms with Crippen LogP contribution in [-0.4, -0.2) is 27.2 Å². The molecule has 0 spiro atoms. The number of amides is 1. The van der Waals surface area contributed by atoms with E-state index in [1.54, 1.807) is 0 Å². The predicted octanol–water partition coefficient (Wildman–Crippen LogP) is 3.89. The minimum atomic E-state index is -4.56. The molecule has 1 N–H and O–H groups in total. The van der Waals surface area contributed by atoms with Gasteiger partial charge in [0.25, 0.3) is 12.3 Å². The molecule has 0 unspecified atom stereocenters. The van der Waals surface area contributed by atoms with Crippen LogP contribution in [0.3, 0.4) is 0 Å². The molecule has 0 aliphatic heterocycles. The lowest BCUT2D eigenvalue weighted by Gasteiger charge is -2.18. The minimum Gasteiger partial charge on any atom is -0.351 e. The number of nitrogens with zero attached hydrogens (tertiary/aromatic N) is 3. The number of alkyl halides is 5. The lowest BCUT2D eigenvalue weighted by molar-refractivity contribution is -0.137. The molecule has 0 radical (unpaired) electrons. The maximum Gasteiger partial charge on any atom is 0.417 e. The maximum atomic E-state index is 13.0. The van der Waals surface area contributed by atoms with Gasteiger partial charge in [-0.25, -0.2) is 8.78 Å². The molecule has 5 nitrogen and oxygen atoms in total. The van der Waals surface area contributed by atoms with Gasteiger partial charge in [0.1, 0.15) is 5.69 Å². The van der Waals surface area contributed by atoms with Crippen LogP contribution >= 0.6 is 11.6 Å². The number of nitrogens with one attached hydrogen (secondary N) is 1. The third kappa shape index (κ3) is 3.90. The summed E-state index contributed by atoms with van der Waals surface area (Å²) in [7, 11) is 1.41. The molecule has 1 aliphatic rings. The molecule has 2 aromatic heterocycles. The summed E-state index contributed by atoms with van der Waals surface area (Å²) in [6.45, 7) is 0.0154. The average molecular weight is 409 g/mol. The van der Waals surface area contributed by atoms with Gasteiger partial charge in [-0.05, 0) is 18.9 Å². The lowest BCUT2D eigenvalue weighted by atomic mass is 10.0. The van der Waals surface area contributed by atoms with E-state index in [9.17, 15) is 26.7 Å². The van der Waals surface area contributed by atoms with Crippen LogP contribution in [-0.2, 0) is 18.6 Å². The van der Waals surface area contributed by atoms with Crippen LogP contribution in [0.25, 0.3) is 0 Å². The topological polar surface area (TPSA) is 59.8 Å². The number of aryl methyl sites for hydroxylation is 1. The molecule has 1 amide bonds. The van der Waals surface area contributed by atoms with Crippen molar-refractivity contribution in [3.8, 4) is 0 Å². The average Bonchev–Trinajstić information content (AvgIpc) is 3.25. The highest BCUT2D eigenvalue weighted by Crippen LogP contribution is 2.49. The molecular weight excluding hydrogens is 395 g/mol. The first kappa shape index (κ1) is 19.5. The standard InChI is InChI=1S/C16H14ClF5N4O/c1-26-6-9(11(25-26)13(18)19)14(27)24-7-15(2-3-15)12-10(17)4-8(5-23-12)16(20,21)22/h4-6,13H,2-3,7H2,1H3,(H,24,27). The molecular formula is C16H14ClF5N4O. The van der Waals surface area contributed by atoms with E-state index in [4.69, 9.17) is 11.6 Å². The zero-order chi connectivity index (χ0) is 20.0. The number of halogens is 6. The van der Waals surface area contributed by atoms with Crippen molar-refractivity contribution >= 4 is 17.5 Å². The van der Waals surface area contributed by atoms with Crippen molar-refractivity contribution in [2.75, 3.05) is 6.54 Å². The van der Waals surface area contributed by atoms with Crippen molar-refractivity contribution in [1.82, 2.24) is 20.1 Å². The molecule has 0 saturated heterocycles. The second kappa shape index (κ2) is 6.74. The van der Waals surface area contributed by atoms with Crippen molar-refractivity contribution in [1.29, 1.82) is 0 Å². The second-order valence-corrected chi connectivity index (χ2v) is 6.82. The summed E-state index contributed by atoms with van der Waals surface area (Å²) in [5.41, 5.74) is -2.31. The van der Waals surface area contributed by atoms with Crippen LogP contribution in [0.2, 0.25) is 5.02 Å². The highest BCUT2D eigenvalue weighted by molar-refractivity contribution is 6.31. The van der Waals surface area contributed by atoms with Gasteiger partial charge in [0.05, 0.1) is 21.8 Å². The first-order chi connectivity index (χ1) is 12.5. The number of carbonyl (C=O) groups excluding carboxylic acids is 1. The number of hydrogen-bond acceptors (Lipinski definition) is 3. The fourth-order valence-corrected chi connectivity index (χ4v) is 3.18. The lowest BCUT2D eigenvalue weighted by Crippen LogP contribution is -2.33. The Morgan fingerprint density at radius 2 is 2.07 bits per heavy atom. The van der Waals surface area contributed by atoms with Crippen LogP contribution in [0.5, 0.6) is 0 Å². The van der Waals surface area contributed by atoms with E-state index in [0.29, 0.717) is 19.0 Å². The molecule has 1 fully saturated rings. The van der Waals surface area contributed by atoms with Gasteiger partial charge in [0.2, 0.25) is 0 Å². The highest BCUT2D eigenvalue weighted by Gasteiger charge is 2.48. The highest BCUT2D eigenvalue weighted by atomic mass is 35.5. The van der Waals surface area contributed by atoms with Crippen molar-refractivity contribution in [3.05, 3.63) is 46.0 Å². The monoisotopic (exact) mass is 408 g/mol. The van der Waals surface area contributed by atoms with Crippen LogP contribution in [0.15, 0.2) is 18.5 Å². The molecule has 27 heavy (non-hydrogen) atoms. The van der Waals surface area contributed by atoms with E-state index in [1.807, 2.05) is 0 Å². The van der Waals surface area contributed by atoms with Crippen molar-refractivity contribution in [3.63, 3.8) is 0 Å². The van der Waals surface area contributed by atoms with E-state index < -0.39 is 35.2 Å². The van der Waals surface area contributed by atoms with Crippen LogP contribution < -0.4 is 5.32 Å². The molecule has 1 aliphatic carbocycles. The van der Waals surface area contributed by atoms with Crippen molar-refractivity contribution in [2.24, 2.45) is 7.05 Å². The van der Waals surface area contributed by atoms with Gasteiger partial charge in [-0.3, -0.25) is 14.5 Å². The Balaban J connectivity index is 1.76. The second-order valence-electron chi connectivity index (χ2n) is 6.42. The molecule has 11 heteroatoms. The third-order valence-corrected chi connectivity index (χ3v) is 4.71. The predicted molar refractivity (Wildman–Crippen MR) is 85.7 cm³/mol. The van der Waals surface area contributed by atoms with Gasteiger partial charge in [-0.1, -0.05) is 11.6 Å². The molecule has 1 saturated carbocycles. The Morgan fingerprint density at radius 1 is 1.41 bits per heavy atom. The van der Waals surface area contributed by atoms with Crippen molar-refractivity contribution in [2.45, 2.75) is 30.9 Å². The summed E-state index contributed by atoms with van der Waals surface area (Å²) < 4.78 is 65.2. The van der Waals surface area contributed by atoms with Gasteiger partial charge < -0.3 is 5.32 Å². The molecule has 0 aromatic carbocycles. The Hall–Kier alpha value is -2.23. The van der Waals surface area contributed by atoms with E-state index in [1.165, 1.54) is 13.2 Å². The molecule has 0 bridgehead atoms. The Bertz CT molecular complexity index is 876. The number of rotatable bonds is 5. The number of carbonyl (C=O) groups is 1. The number of hydrogen-bond donors (Lipinski definition) is 1. The SMILES string of the molecule is Cn1cc(C(=O)NCC2(c3ncc(C(F)(F)F)cc3Cl)CC2)c(C(F)F)n1. The molecule has 2 heterocycles. The largest absolute Gasteiger partial charge is 0.417 e.